The summed E-state index contributed by atoms with van der Waals surface area (Å²) in [6.45, 7) is 5.26. The van der Waals surface area contributed by atoms with Gasteiger partial charge >= 0.3 is 0 Å². The molecule has 3 heteroatoms. The molecule has 1 aromatic rings. The van der Waals surface area contributed by atoms with E-state index in [1.165, 1.54) is 5.56 Å². The number of rotatable bonds is 4. The van der Waals surface area contributed by atoms with Crippen molar-refractivity contribution in [3.05, 3.63) is 17.5 Å². The van der Waals surface area contributed by atoms with Gasteiger partial charge in [0.05, 0.1) is 5.69 Å². The van der Waals surface area contributed by atoms with Gasteiger partial charge in [0.25, 0.3) is 0 Å². The first-order valence-corrected chi connectivity index (χ1v) is 4.41. The van der Waals surface area contributed by atoms with Gasteiger partial charge in [0.1, 0.15) is 0 Å². The van der Waals surface area contributed by atoms with E-state index >= 15 is 0 Å². The lowest BCUT2D eigenvalue weighted by Crippen LogP contribution is -1.93. The fraction of sp³-hybridized carbons (Fsp3) is 0.667. The van der Waals surface area contributed by atoms with Crippen LogP contribution in [0, 0.1) is 6.92 Å². The van der Waals surface area contributed by atoms with Crippen LogP contribution in [0.25, 0.3) is 0 Å². The molecular formula is C9H16N2O. The third-order valence-corrected chi connectivity index (χ3v) is 1.98. The maximum atomic E-state index is 8.66. The smallest absolute Gasteiger partial charge is 0.0625 e. The molecule has 0 spiro atoms. The van der Waals surface area contributed by atoms with Crippen LogP contribution in [0.2, 0.25) is 0 Å². The number of aliphatic hydroxyl groups excluding tert-OH is 1. The third-order valence-electron chi connectivity index (χ3n) is 1.98. The van der Waals surface area contributed by atoms with Crippen LogP contribution < -0.4 is 0 Å². The lowest BCUT2D eigenvalue weighted by atomic mass is 10.1. The fourth-order valence-corrected chi connectivity index (χ4v) is 1.24. The lowest BCUT2D eigenvalue weighted by Gasteiger charge is -1.93. The Morgan fingerprint density at radius 2 is 2.33 bits per heavy atom. The molecule has 1 N–H and O–H groups in total. The van der Waals surface area contributed by atoms with Gasteiger partial charge in [-0.3, -0.25) is 4.68 Å². The molecule has 1 aromatic heterocycles. The number of hydrogen-bond donors (Lipinski definition) is 1. The predicted molar refractivity (Wildman–Crippen MR) is 48.0 cm³/mol. The average molecular weight is 168 g/mol. The minimum Gasteiger partial charge on any atom is -0.396 e. The first-order chi connectivity index (χ1) is 5.77. The van der Waals surface area contributed by atoms with Gasteiger partial charge < -0.3 is 5.11 Å². The number of hydrogen-bond acceptors (Lipinski definition) is 2. The highest BCUT2D eigenvalue weighted by Crippen LogP contribution is 2.07. The summed E-state index contributed by atoms with van der Waals surface area (Å²) in [6, 6.07) is 0. The molecule has 0 bridgehead atoms. The molecule has 0 aliphatic heterocycles. The highest BCUT2D eigenvalue weighted by atomic mass is 16.2. The molecule has 0 aromatic carbocycles. The van der Waals surface area contributed by atoms with Crippen LogP contribution in [0.4, 0.5) is 0 Å². The van der Waals surface area contributed by atoms with Crippen LogP contribution in [0.3, 0.4) is 0 Å². The van der Waals surface area contributed by atoms with E-state index < -0.39 is 0 Å². The largest absolute Gasteiger partial charge is 0.396 e. The molecule has 1 heterocycles. The van der Waals surface area contributed by atoms with Crippen molar-refractivity contribution < 1.29 is 5.11 Å². The fourth-order valence-electron chi connectivity index (χ4n) is 1.24. The van der Waals surface area contributed by atoms with E-state index in [0.29, 0.717) is 0 Å². The van der Waals surface area contributed by atoms with E-state index in [-0.39, 0.29) is 6.61 Å². The maximum absolute atomic E-state index is 8.66. The van der Waals surface area contributed by atoms with Crippen molar-refractivity contribution in [1.29, 1.82) is 0 Å². The zero-order chi connectivity index (χ0) is 8.97. The Kier molecular flexibility index (Phi) is 3.29. The third kappa shape index (κ3) is 2.08. The molecular weight excluding hydrogens is 152 g/mol. The summed E-state index contributed by atoms with van der Waals surface area (Å²) in [5.74, 6) is 0. The standard InChI is InChI=1S/C9H16N2O/c1-3-11-7-9(5-4-6-12)8(2)10-11/h7,12H,3-6H2,1-2H3. The zero-order valence-electron chi connectivity index (χ0n) is 7.75. The molecule has 0 aliphatic carbocycles. The van der Waals surface area contributed by atoms with Gasteiger partial charge in [-0.1, -0.05) is 0 Å². The lowest BCUT2D eigenvalue weighted by molar-refractivity contribution is 0.288. The average Bonchev–Trinajstić information content (AvgIpc) is 2.43. The second kappa shape index (κ2) is 4.26. The van der Waals surface area contributed by atoms with Crippen LogP contribution in [0.15, 0.2) is 6.20 Å². The Morgan fingerprint density at radius 1 is 1.58 bits per heavy atom. The Hall–Kier alpha value is -0.830. The van der Waals surface area contributed by atoms with E-state index in [1.54, 1.807) is 0 Å². The van der Waals surface area contributed by atoms with Crippen molar-refractivity contribution in [3.63, 3.8) is 0 Å². The van der Waals surface area contributed by atoms with E-state index in [2.05, 4.69) is 18.2 Å². The Bertz CT molecular complexity index is 243. The molecule has 12 heavy (non-hydrogen) atoms. The minimum absolute atomic E-state index is 0.261. The summed E-state index contributed by atoms with van der Waals surface area (Å²) in [4.78, 5) is 0. The number of aliphatic hydroxyl groups is 1. The predicted octanol–water partition coefficient (Wildman–Crippen LogP) is 1.14. The minimum atomic E-state index is 0.261. The Morgan fingerprint density at radius 3 is 2.83 bits per heavy atom. The van der Waals surface area contributed by atoms with Gasteiger partial charge in [-0.25, -0.2) is 0 Å². The monoisotopic (exact) mass is 168 g/mol. The van der Waals surface area contributed by atoms with Crippen molar-refractivity contribution in [3.8, 4) is 0 Å². The second-order valence-corrected chi connectivity index (χ2v) is 2.92. The zero-order valence-corrected chi connectivity index (χ0v) is 7.75. The van der Waals surface area contributed by atoms with E-state index in [1.807, 2.05) is 11.6 Å². The summed E-state index contributed by atoms with van der Waals surface area (Å²) in [5.41, 5.74) is 2.34. The van der Waals surface area contributed by atoms with E-state index in [0.717, 1.165) is 25.1 Å². The molecule has 0 fully saturated rings. The number of aromatic nitrogens is 2. The molecule has 0 saturated carbocycles. The first kappa shape index (κ1) is 9.26. The molecule has 0 aliphatic rings. The highest BCUT2D eigenvalue weighted by Gasteiger charge is 2.02. The second-order valence-electron chi connectivity index (χ2n) is 2.92. The SMILES string of the molecule is CCn1cc(CCCO)c(C)n1. The Balaban J connectivity index is 2.64. The van der Waals surface area contributed by atoms with Crippen LogP contribution in [0.1, 0.15) is 24.6 Å². The van der Waals surface area contributed by atoms with Crippen LogP contribution in [-0.4, -0.2) is 21.5 Å². The molecule has 0 atom stereocenters. The molecule has 0 unspecified atom stereocenters. The van der Waals surface area contributed by atoms with Crippen LogP contribution >= 0.6 is 0 Å². The highest BCUT2D eigenvalue weighted by molar-refractivity contribution is 5.15. The summed E-state index contributed by atoms with van der Waals surface area (Å²) in [6.07, 6.45) is 3.82. The van der Waals surface area contributed by atoms with Crippen LogP contribution in [0.5, 0.6) is 0 Å². The number of nitrogens with zero attached hydrogens (tertiary/aromatic N) is 2. The molecule has 3 nitrogen and oxygen atoms in total. The van der Waals surface area contributed by atoms with Gasteiger partial charge in [0.2, 0.25) is 0 Å². The van der Waals surface area contributed by atoms with Crippen molar-refractivity contribution in [2.75, 3.05) is 6.61 Å². The maximum Gasteiger partial charge on any atom is 0.0625 e. The first-order valence-electron chi connectivity index (χ1n) is 4.41. The summed E-state index contributed by atoms with van der Waals surface area (Å²) in [5, 5.41) is 13.0. The van der Waals surface area contributed by atoms with Crippen molar-refractivity contribution in [1.82, 2.24) is 9.78 Å². The Labute approximate surface area is 73.0 Å². The van der Waals surface area contributed by atoms with Crippen molar-refractivity contribution >= 4 is 0 Å². The topological polar surface area (TPSA) is 38.0 Å². The van der Waals surface area contributed by atoms with Gasteiger partial charge in [-0.05, 0) is 32.3 Å². The molecule has 1 rings (SSSR count). The quantitative estimate of drug-likeness (QED) is 0.732. The molecule has 68 valence electrons. The van der Waals surface area contributed by atoms with E-state index in [4.69, 9.17) is 5.11 Å². The molecule has 0 radical (unpaired) electrons. The summed E-state index contributed by atoms with van der Waals surface area (Å²) >= 11 is 0. The van der Waals surface area contributed by atoms with Gasteiger partial charge in [0, 0.05) is 19.3 Å². The number of aryl methyl sites for hydroxylation is 3. The summed E-state index contributed by atoms with van der Waals surface area (Å²) in [7, 11) is 0. The van der Waals surface area contributed by atoms with Crippen LogP contribution in [-0.2, 0) is 13.0 Å². The molecule has 0 amide bonds. The van der Waals surface area contributed by atoms with Gasteiger partial charge in [-0.15, -0.1) is 0 Å². The van der Waals surface area contributed by atoms with Crippen molar-refractivity contribution in [2.45, 2.75) is 33.2 Å². The van der Waals surface area contributed by atoms with Gasteiger partial charge in [0.15, 0.2) is 0 Å². The van der Waals surface area contributed by atoms with E-state index in [9.17, 15) is 0 Å². The van der Waals surface area contributed by atoms with Crippen molar-refractivity contribution in [2.24, 2.45) is 0 Å². The normalized spacial score (nSPS) is 10.6. The molecule has 0 saturated heterocycles. The summed E-state index contributed by atoms with van der Waals surface area (Å²) < 4.78 is 1.93. The van der Waals surface area contributed by atoms with Gasteiger partial charge in [-0.2, -0.15) is 5.10 Å².